The predicted molar refractivity (Wildman–Crippen MR) is 119 cm³/mol. The zero-order valence-electron chi connectivity index (χ0n) is 17.6. The third kappa shape index (κ3) is 3.84. The van der Waals surface area contributed by atoms with Crippen LogP contribution in [0, 0.1) is 13.8 Å². The van der Waals surface area contributed by atoms with Crippen LogP contribution in [0.25, 0.3) is 22.0 Å². The van der Waals surface area contributed by atoms with Crippen LogP contribution in [-0.2, 0) is 18.4 Å². The third-order valence-electron chi connectivity index (χ3n) is 5.14. The number of nitrogens with zero attached hydrogens (tertiary/aromatic N) is 3. The molecule has 30 heavy (non-hydrogen) atoms. The number of anilines is 2. The molecule has 0 aliphatic rings. The van der Waals surface area contributed by atoms with E-state index in [1.54, 1.807) is 11.6 Å². The van der Waals surface area contributed by atoms with Crippen LogP contribution in [0.2, 0.25) is 0 Å². The molecule has 0 radical (unpaired) electrons. The van der Waals surface area contributed by atoms with Crippen molar-refractivity contribution in [3.63, 3.8) is 0 Å². The fourth-order valence-corrected chi connectivity index (χ4v) is 3.51. The van der Waals surface area contributed by atoms with Gasteiger partial charge in [-0.2, -0.15) is 5.10 Å². The highest BCUT2D eigenvalue weighted by Gasteiger charge is 2.13. The van der Waals surface area contributed by atoms with E-state index in [0.717, 1.165) is 39.1 Å². The van der Waals surface area contributed by atoms with Crippen molar-refractivity contribution < 1.29 is 4.74 Å². The largest absolute Gasteiger partial charge is 0.375 e. The molecule has 2 N–H and O–H groups in total. The fraction of sp³-hybridized carbons (Fsp3) is 0.261. The summed E-state index contributed by atoms with van der Waals surface area (Å²) in [5, 5.41) is 11.5. The summed E-state index contributed by atoms with van der Waals surface area (Å²) in [6.45, 7) is 7.03. The van der Waals surface area contributed by atoms with E-state index < -0.39 is 0 Å². The lowest BCUT2D eigenvalue weighted by Crippen LogP contribution is -2.19. The van der Waals surface area contributed by atoms with E-state index in [-0.39, 0.29) is 5.56 Å². The Morgan fingerprint density at radius 2 is 1.97 bits per heavy atom. The number of ether oxygens (including phenoxy) is 1. The molecule has 154 valence electrons. The van der Waals surface area contributed by atoms with Gasteiger partial charge in [-0.1, -0.05) is 6.07 Å². The van der Waals surface area contributed by atoms with Gasteiger partial charge in [-0.25, -0.2) is 0 Å². The molecule has 0 fully saturated rings. The van der Waals surface area contributed by atoms with Gasteiger partial charge in [0.15, 0.2) is 5.82 Å². The standard InChI is InChI=1S/C23H25N5O2/c1-5-30-13-18-11-22(27-26-18)25-17-7-6-14(2)19(10-17)20-9-16-12-24-15(3)8-21(16)28(4)23(20)29/h6-12H,5,13H2,1-4H3,(H2,25,26,27). The molecule has 4 aromatic rings. The van der Waals surface area contributed by atoms with E-state index in [1.165, 1.54) is 0 Å². The third-order valence-corrected chi connectivity index (χ3v) is 5.14. The number of nitrogens with one attached hydrogen (secondary N) is 2. The normalized spacial score (nSPS) is 11.2. The van der Waals surface area contributed by atoms with Crippen LogP contribution >= 0.6 is 0 Å². The molecule has 0 bridgehead atoms. The van der Waals surface area contributed by atoms with E-state index in [1.807, 2.05) is 63.4 Å². The van der Waals surface area contributed by atoms with E-state index in [2.05, 4.69) is 20.5 Å². The molecule has 4 rings (SSSR count). The Morgan fingerprint density at radius 1 is 1.13 bits per heavy atom. The first-order chi connectivity index (χ1) is 14.5. The van der Waals surface area contributed by atoms with Crippen LogP contribution in [-0.4, -0.2) is 26.4 Å². The van der Waals surface area contributed by atoms with Gasteiger partial charge in [0.2, 0.25) is 0 Å². The minimum atomic E-state index is -0.0351. The maximum absolute atomic E-state index is 13.1. The number of rotatable bonds is 6. The Kier molecular flexibility index (Phi) is 5.37. The van der Waals surface area contributed by atoms with Crippen LogP contribution in [0.15, 0.2) is 47.4 Å². The number of aryl methyl sites for hydroxylation is 3. The van der Waals surface area contributed by atoms with Crippen LogP contribution in [0.4, 0.5) is 11.5 Å². The molecule has 0 unspecified atom stereocenters. The van der Waals surface area contributed by atoms with Crippen LogP contribution in [0.1, 0.15) is 23.9 Å². The molecule has 7 heteroatoms. The van der Waals surface area contributed by atoms with Crippen molar-refractivity contribution in [2.45, 2.75) is 27.4 Å². The van der Waals surface area contributed by atoms with Crippen molar-refractivity contribution in [2.24, 2.45) is 7.05 Å². The molecule has 3 heterocycles. The molecular formula is C23H25N5O2. The smallest absolute Gasteiger partial charge is 0.258 e. The molecule has 0 atom stereocenters. The molecular weight excluding hydrogens is 378 g/mol. The van der Waals surface area contributed by atoms with Crippen LogP contribution < -0.4 is 10.9 Å². The highest BCUT2D eigenvalue weighted by molar-refractivity contribution is 5.85. The van der Waals surface area contributed by atoms with E-state index in [9.17, 15) is 4.79 Å². The Hall–Kier alpha value is -3.45. The summed E-state index contributed by atoms with van der Waals surface area (Å²) in [5.74, 6) is 0.700. The summed E-state index contributed by atoms with van der Waals surface area (Å²) < 4.78 is 7.09. The molecule has 0 saturated carbocycles. The molecule has 1 aromatic carbocycles. The van der Waals surface area contributed by atoms with Gasteiger partial charge < -0.3 is 14.6 Å². The van der Waals surface area contributed by atoms with Gasteiger partial charge in [-0.05, 0) is 56.2 Å². The van der Waals surface area contributed by atoms with E-state index >= 15 is 0 Å². The van der Waals surface area contributed by atoms with E-state index in [0.29, 0.717) is 24.6 Å². The topological polar surface area (TPSA) is 84.8 Å². The van der Waals surface area contributed by atoms with Crippen LogP contribution in [0.5, 0.6) is 0 Å². The number of hydrogen-bond acceptors (Lipinski definition) is 5. The van der Waals surface area contributed by atoms with Gasteiger partial charge >= 0.3 is 0 Å². The summed E-state index contributed by atoms with van der Waals surface area (Å²) in [5.41, 5.74) is 6.04. The monoisotopic (exact) mass is 403 g/mol. The van der Waals surface area contributed by atoms with Crippen molar-refractivity contribution in [1.29, 1.82) is 0 Å². The predicted octanol–water partition coefficient (Wildman–Crippen LogP) is 4.22. The number of H-pyrrole nitrogens is 1. The summed E-state index contributed by atoms with van der Waals surface area (Å²) in [6.07, 6.45) is 1.81. The number of pyridine rings is 2. The SMILES string of the molecule is CCOCc1cc(Nc2ccc(C)c(-c3cc4cnc(C)cc4n(C)c3=O)c2)n[nH]1. The first-order valence-electron chi connectivity index (χ1n) is 9.92. The van der Waals surface area contributed by atoms with Crippen molar-refractivity contribution in [3.8, 4) is 11.1 Å². The minimum absolute atomic E-state index is 0.0351. The summed E-state index contributed by atoms with van der Waals surface area (Å²) in [4.78, 5) is 17.5. The number of aromatic amines is 1. The van der Waals surface area contributed by atoms with E-state index in [4.69, 9.17) is 4.74 Å². The summed E-state index contributed by atoms with van der Waals surface area (Å²) in [6, 6.07) is 11.7. The van der Waals surface area contributed by atoms with Crippen molar-refractivity contribution >= 4 is 22.4 Å². The number of benzene rings is 1. The van der Waals surface area contributed by atoms with Crippen LogP contribution in [0.3, 0.4) is 0 Å². The first kappa shape index (κ1) is 19.8. The lowest BCUT2D eigenvalue weighted by atomic mass is 9.99. The fourth-order valence-electron chi connectivity index (χ4n) is 3.51. The number of hydrogen-bond donors (Lipinski definition) is 2. The quantitative estimate of drug-likeness (QED) is 0.503. The molecule has 3 aromatic heterocycles. The summed E-state index contributed by atoms with van der Waals surface area (Å²) in [7, 11) is 1.80. The zero-order valence-corrected chi connectivity index (χ0v) is 17.6. The lowest BCUT2D eigenvalue weighted by molar-refractivity contribution is 0.131. The average Bonchev–Trinajstić information content (AvgIpc) is 3.18. The van der Waals surface area contributed by atoms with Crippen molar-refractivity contribution in [1.82, 2.24) is 19.7 Å². The second-order valence-electron chi connectivity index (χ2n) is 7.38. The number of fused-ring (bicyclic) bond motifs is 1. The maximum atomic E-state index is 13.1. The molecule has 0 saturated heterocycles. The highest BCUT2D eigenvalue weighted by Crippen LogP contribution is 2.28. The van der Waals surface area contributed by atoms with Gasteiger partial charge in [0.1, 0.15) is 0 Å². The van der Waals surface area contributed by atoms with Gasteiger partial charge in [0.05, 0.1) is 17.8 Å². The van der Waals surface area contributed by atoms with Gasteiger partial charge in [0.25, 0.3) is 5.56 Å². The number of aromatic nitrogens is 4. The van der Waals surface area contributed by atoms with Crippen molar-refractivity contribution in [2.75, 3.05) is 11.9 Å². The Morgan fingerprint density at radius 3 is 2.77 bits per heavy atom. The molecule has 0 aliphatic heterocycles. The zero-order chi connectivity index (χ0) is 21.3. The molecule has 0 aliphatic carbocycles. The first-order valence-corrected chi connectivity index (χ1v) is 9.92. The van der Waals surface area contributed by atoms with Gasteiger partial charge in [-0.3, -0.25) is 14.9 Å². The van der Waals surface area contributed by atoms with Gasteiger partial charge in [-0.15, -0.1) is 0 Å². The lowest BCUT2D eigenvalue weighted by Gasteiger charge is -2.13. The Balaban J connectivity index is 1.72. The molecule has 0 amide bonds. The van der Waals surface area contributed by atoms with Gasteiger partial charge in [0, 0.05) is 48.2 Å². The molecule has 7 nitrogen and oxygen atoms in total. The highest BCUT2D eigenvalue weighted by atomic mass is 16.5. The average molecular weight is 403 g/mol. The maximum Gasteiger partial charge on any atom is 0.258 e. The Labute approximate surface area is 174 Å². The molecule has 0 spiro atoms. The Bertz CT molecular complexity index is 1270. The second kappa shape index (κ2) is 8.12. The van der Waals surface area contributed by atoms with Crippen molar-refractivity contribution in [3.05, 3.63) is 69.9 Å². The minimum Gasteiger partial charge on any atom is -0.375 e. The summed E-state index contributed by atoms with van der Waals surface area (Å²) >= 11 is 0. The second-order valence-corrected chi connectivity index (χ2v) is 7.38.